The third-order valence-corrected chi connectivity index (χ3v) is 8.23. The molecule has 1 saturated heterocycles. The van der Waals surface area contributed by atoms with Gasteiger partial charge < -0.3 is 9.88 Å². The number of nitrogens with zero attached hydrogens (tertiary/aromatic N) is 2. The predicted octanol–water partition coefficient (Wildman–Crippen LogP) is 3.59. The summed E-state index contributed by atoms with van der Waals surface area (Å²) in [6, 6.07) is 14.7. The van der Waals surface area contributed by atoms with Crippen LogP contribution in [0.25, 0.3) is 10.9 Å². The van der Waals surface area contributed by atoms with Gasteiger partial charge in [-0.2, -0.15) is 4.31 Å². The molecule has 164 valence electrons. The van der Waals surface area contributed by atoms with Crippen molar-refractivity contribution in [3.63, 3.8) is 0 Å². The second kappa shape index (κ2) is 9.02. The Labute approximate surface area is 187 Å². The molecule has 0 radical (unpaired) electrons. The van der Waals surface area contributed by atoms with Crippen LogP contribution in [0.3, 0.4) is 0 Å². The fraction of sp³-hybridized carbons (Fsp3) is 0.348. The van der Waals surface area contributed by atoms with Gasteiger partial charge in [0.05, 0.1) is 4.90 Å². The molecule has 31 heavy (non-hydrogen) atoms. The van der Waals surface area contributed by atoms with E-state index in [1.807, 2.05) is 54.2 Å². The lowest BCUT2D eigenvalue weighted by Crippen LogP contribution is -2.43. The Kier molecular flexibility index (Phi) is 6.36. The first kappa shape index (κ1) is 21.9. The Balaban J connectivity index is 1.32. The van der Waals surface area contributed by atoms with Gasteiger partial charge in [0.15, 0.2) is 0 Å². The highest BCUT2D eigenvalue weighted by Crippen LogP contribution is 2.26. The molecular formula is C23H26ClN3O3S. The molecule has 1 fully saturated rings. The number of amides is 1. The number of halogens is 1. The van der Waals surface area contributed by atoms with Crippen molar-refractivity contribution < 1.29 is 13.2 Å². The zero-order valence-electron chi connectivity index (χ0n) is 17.4. The molecule has 0 bridgehead atoms. The van der Waals surface area contributed by atoms with Crippen LogP contribution in [0.1, 0.15) is 18.4 Å². The molecule has 0 aliphatic carbocycles. The fourth-order valence-electron chi connectivity index (χ4n) is 4.09. The molecule has 0 atom stereocenters. The second-order valence-electron chi connectivity index (χ2n) is 7.96. The van der Waals surface area contributed by atoms with Crippen molar-refractivity contribution in [3.05, 3.63) is 65.3 Å². The molecule has 1 N–H and O–H groups in total. The van der Waals surface area contributed by atoms with Crippen molar-refractivity contribution in [3.8, 4) is 0 Å². The molecular weight excluding hydrogens is 434 g/mol. The highest BCUT2D eigenvalue weighted by Gasteiger charge is 2.32. The van der Waals surface area contributed by atoms with Crippen LogP contribution >= 0.6 is 11.6 Å². The van der Waals surface area contributed by atoms with Crippen LogP contribution in [0.15, 0.2) is 59.6 Å². The molecule has 1 amide bonds. The van der Waals surface area contributed by atoms with Crippen molar-refractivity contribution in [1.29, 1.82) is 0 Å². The van der Waals surface area contributed by atoms with E-state index in [4.69, 9.17) is 11.6 Å². The topological polar surface area (TPSA) is 71.4 Å². The number of hydrogen-bond donors (Lipinski definition) is 1. The molecule has 1 aliphatic rings. The van der Waals surface area contributed by atoms with Crippen LogP contribution in [0.4, 0.5) is 0 Å². The van der Waals surface area contributed by atoms with Gasteiger partial charge in [-0.1, -0.05) is 29.8 Å². The number of piperidine rings is 1. The van der Waals surface area contributed by atoms with Crippen molar-refractivity contribution >= 4 is 38.4 Å². The quantitative estimate of drug-likeness (QED) is 0.612. The first-order valence-electron chi connectivity index (χ1n) is 10.4. The molecule has 6 nitrogen and oxygen atoms in total. The van der Waals surface area contributed by atoms with Crippen molar-refractivity contribution in [2.75, 3.05) is 19.6 Å². The smallest absolute Gasteiger partial charge is 0.243 e. The zero-order valence-corrected chi connectivity index (χ0v) is 19.0. The van der Waals surface area contributed by atoms with Gasteiger partial charge >= 0.3 is 0 Å². The summed E-state index contributed by atoms with van der Waals surface area (Å²) in [6.07, 6.45) is 3.62. The average molecular weight is 460 g/mol. The zero-order chi connectivity index (χ0) is 22.0. The van der Waals surface area contributed by atoms with Crippen LogP contribution in [0.5, 0.6) is 0 Å². The Bertz CT molecular complexity index is 1200. The van der Waals surface area contributed by atoms with E-state index in [1.54, 1.807) is 12.1 Å². The summed E-state index contributed by atoms with van der Waals surface area (Å²) in [6.45, 7) is 1.20. The molecule has 2 heterocycles. The number of rotatable bonds is 6. The maximum atomic E-state index is 13.1. The minimum atomic E-state index is -3.57. The van der Waals surface area contributed by atoms with Crippen molar-refractivity contribution in [1.82, 2.24) is 14.2 Å². The summed E-state index contributed by atoms with van der Waals surface area (Å²) in [5.41, 5.74) is 1.99. The first-order valence-corrected chi connectivity index (χ1v) is 12.2. The highest BCUT2D eigenvalue weighted by atomic mass is 35.5. The standard InChI is InChI=1S/C23H26ClN3O3S/c1-26-13-9-19-16-20(6-7-22(19)26)31(29,30)27-14-10-18(11-15-27)23(28)25-12-8-17-4-2-3-5-21(17)24/h2-7,9,13,16,18H,8,10-12,14-15H2,1H3,(H,25,28). The van der Waals surface area contributed by atoms with Gasteiger partial charge in [0.1, 0.15) is 0 Å². The SMILES string of the molecule is Cn1ccc2cc(S(=O)(=O)N3CCC(C(=O)NCCc4ccccc4Cl)CC3)ccc21. The molecule has 1 aliphatic heterocycles. The minimum Gasteiger partial charge on any atom is -0.356 e. The van der Waals surface area contributed by atoms with E-state index >= 15 is 0 Å². The number of nitrogens with one attached hydrogen (secondary N) is 1. The number of carbonyl (C=O) groups excluding carboxylic acids is 1. The largest absolute Gasteiger partial charge is 0.356 e. The van der Waals surface area contributed by atoms with Crippen LogP contribution < -0.4 is 5.32 Å². The molecule has 2 aromatic carbocycles. The van der Waals surface area contributed by atoms with Gasteiger partial charge in [0, 0.05) is 54.7 Å². The lowest BCUT2D eigenvalue weighted by Gasteiger charge is -2.30. The first-order chi connectivity index (χ1) is 14.9. The Morgan fingerprint density at radius 2 is 1.87 bits per heavy atom. The fourth-order valence-corrected chi connectivity index (χ4v) is 5.83. The molecule has 8 heteroatoms. The highest BCUT2D eigenvalue weighted by molar-refractivity contribution is 7.89. The van der Waals surface area contributed by atoms with Crippen LogP contribution in [-0.2, 0) is 28.3 Å². The number of aromatic nitrogens is 1. The lowest BCUT2D eigenvalue weighted by atomic mass is 9.97. The summed E-state index contributed by atoms with van der Waals surface area (Å²) in [5.74, 6) is -0.191. The molecule has 3 aromatic rings. The normalized spacial score (nSPS) is 15.9. The van der Waals surface area contributed by atoms with Gasteiger partial charge in [-0.25, -0.2) is 8.42 Å². The number of aryl methyl sites for hydroxylation is 1. The molecule has 0 spiro atoms. The van der Waals surface area contributed by atoms with E-state index in [0.29, 0.717) is 48.8 Å². The number of fused-ring (bicyclic) bond motifs is 1. The van der Waals surface area contributed by atoms with Gasteiger partial charge in [-0.3, -0.25) is 4.79 Å². The van der Waals surface area contributed by atoms with E-state index in [1.165, 1.54) is 4.31 Å². The number of benzene rings is 2. The predicted molar refractivity (Wildman–Crippen MR) is 123 cm³/mol. The third-order valence-electron chi connectivity index (χ3n) is 5.97. The Morgan fingerprint density at radius 3 is 2.61 bits per heavy atom. The minimum absolute atomic E-state index is 0.0187. The third kappa shape index (κ3) is 4.63. The monoisotopic (exact) mass is 459 g/mol. The van der Waals surface area contributed by atoms with Gasteiger partial charge in [-0.15, -0.1) is 0 Å². The van der Waals surface area contributed by atoms with Crippen molar-refractivity contribution in [2.45, 2.75) is 24.2 Å². The Morgan fingerprint density at radius 1 is 1.13 bits per heavy atom. The van der Waals surface area contributed by atoms with E-state index in [-0.39, 0.29) is 11.8 Å². The number of hydrogen-bond acceptors (Lipinski definition) is 3. The summed E-state index contributed by atoms with van der Waals surface area (Å²) < 4.78 is 29.6. The van der Waals surface area contributed by atoms with E-state index in [2.05, 4.69) is 5.32 Å². The second-order valence-corrected chi connectivity index (χ2v) is 10.3. The number of carbonyl (C=O) groups is 1. The van der Waals surface area contributed by atoms with E-state index in [0.717, 1.165) is 16.5 Å². The van der Waals surface area contributed by atoms with Gasteiger partial charge in [0.2, 0.25) is 15.9 Å². The van der Waals surface area contributed by atoms with E-state index in [9.17, 15) is 13.2 Å². The van der Waals surface area contributed by atoms with Crippen molar-refractivity contribution in [2.24, 2.45) is 13.0 Å². The van der Waals surface area contributed by atoms with Crippen LogP contribution in [0.2, 0.25) is 5.02 Å². The Hall–Kier alpha value is -2.35. The summed E-state index contributed by atoms with van der Waals surface area (Å²) >= 11 is 6.15. The average Bonchev–Trinajstić information content (AvgIpc) is 3.15. The number of sulfonamides is 1. The van der Waals surface area contributed by atoms with Gasteiger partial charge in [-0.05, 0) is 55.2 Å². The molecule has 0 unspecified atom stereocenters. The molecule has 4 rings (SSSR count). The van der Waals surface area contributed by atoms with E-state index < -0.39 is 10.0 Å². The summed E-state index contributed by atoms with van der Waals surface area (Å²) in [7, 11) is -1.64. The molecule has 0 saturated carbocycles. The van der Waals surface area contributed by atoms with Gasteiger partial charge in [0.25, 0.3) is 0 Å². The molecule has 1 aromatic heterocycles. The van der Waals surface area contributed by atoms with Crippen LogP contribution in [0, 0.1) is 5.92 Å². The maximum absolute atomic E-state index is 13.1. The summed E-state index contributed by atoms with van der Waals surface area (Å²) in [4.78, 5) is 12.8. The van der Waals surface area contributed by atoms with Crippen LogP contribution in [-0.4, -0.2) is 42.8 Å². The lowest BCUT2D eigenvalue weighted by molar-refractivity contribution is -0.126. The maximum Gasteiger partial charge on any atom is 0.243 e. The summed E-state index contributed by atoms with van der Waals surface area (Å²) in [5, 5.41) is 4.57.